The van der Waals surface area contributed by atoms with Gasteiger partial charge in [-0.05, 0) is 49.3 Å². The summed E-state index contributed by atoms with van der Waals surface area (Å²) in [4.78, 5) is 40.0. The minimum Gasteiger partial charge on any atom is -0.550 e. The van der Waals surface area contributed by atoms with Crippen molar-refractivity contribution in [1.82, 2.24) is 9.47 Å². The number of benzene rings is 1. The highest BCUT2D eigenvalue weighted by Gasteiger charge is 2.38. The van der Waals surface area contributed by atoms with Gasteiger partial charge in [0.1, 0.15) is 5.75 Å². The summed E-state index contributed by atoms with van der Waals surface area (Å²) in [6, 6.07) is 14.9. The normalized spacial score (nSPS) is 27.2. The molecule has 1 aromatic heterocycles. The average molecular weight is 494 g/mol. The molecule has 36 heavy (non-hydrogen) atoms. The first-order valence-corrected chi connectivity index (χ1v) is 13.1. The summed E-state index contributed by atoms with van der Waals surface area (Å²) in [5.41, 5.74) is 1.25. The number of carboxylic acids is 1. The number of hydrogen-bond donors (Lipinski definition) is 1. The molecule has 3 aliphatic heterocycles. The first-order valence-electron chi connectivity index (χ1n) is 13.1. The van der Waals surface area contributed by atoms with Crippen molar-refractivity contribution >= 4 is 11.9 Å². The molecule has 1 N–H and O–H groups in total. The Morgan fingerprint density at radius 3 is 2.67 bits per heavy atom. The van der Waals surface area contributed by atoms with E-state index in [1.165, 1.54) is 4.90 Å². The van der Waals surface area contributed by atoms with Gasteiger partial charge in [-0.1, -0.05) is 24.3 Å². The van der Waals surface area contributed by atoms with E-state index in [4.69, 9.17) is 4.74 Å². The maximum Gasteiger partial charge on any atom is 0.260 e. The summed E-state index contributed by atoms with van der Waals surface area (Å²) in [5.74, 6) is 0.623. The molecule has 8 heteroatoms. The summed E-state index contributed by atoms with van der Waals surface area (Å²) < 4.78 is 7.61. The number of hydrogen-bond acceptors (Lipinski definition) is 5. The fourth-order valence-corrected chi connectivity index (χ4v) is 6.58. The Kier molecular flexibility index (Phi) is 7.41. The number of aromatic nitrogens is 1. The number of carboxylic acid groups (broad SMARTS) is 1. The molecule has 1 aromatic carbocycles. The van der Waals surface area contributed by atoms with Crippen LogP contribution in [0.4, 0.5) is 0 Å². The van der Waals surface area contributed by atoms with E-state index in [2.05, 4.69) is 6.07 Å². The van der Waals surface area contributed by atoms with Gasteiger partial charge in [0.05, 0.1) is 19.6 Å². The zero-order chi connectivity index (χ0) is 25.1. The van der Waals surface area contributed by atoms with Crippen LogP contribution in [0.2, 0.25) is 0 Å². The molecule has 2 bridgehead atoms. The van der Waals surface area contributed by atoms with Gasteiger partial charge in [-0.3, -0.25) is 9.59 Å². The number of quaternary nitrogens is 1. The number of nitrogens with zero attached hydrogens (tertiary/aromatic N) is 2. The maximum atomic E-state index is 12.9. The Balaban J connectivity index is 1.19. The van der Waals surface area contributed by atoms with Crippen LogP contribution >= 0.6 is 0 Å². The molecule has 8 nitrogen and oxygen atoms in total. The molecule has 5 atom stereocenters. The predicted molar refractivity (Wildman–Crippen MR) is 131 cm³/mol. The van der Waals surface area contributed by atoms with E-state index in [0.29, 0.717) is 37.1 Å². The van der Waals surface area contributed by atoms with E-state index in [-0.39, 0.29) is 36.3 Å². The molecule has 0 radical (unpaired) electrons. The summed E-state index contributed by atoms with van der Waals surface area (Å²) in [6.45, 7) is 4.86. The molecule has 2 aromatic rings. The van der Waals surface area contributed by atoms with Gasteiger partial charge in [-0.2, -0.15) is 0 Å². The first kappa shape index (κ1) is 24.6. The number of likely N-dealkylation sites (tertiary alicyclic amines) is 2. The number of pyridine rings is 1. The zero-order valence-corrected chi connectivity index (χ0v) is 20.6. The highest BCUT2D eigenvalue weighted by atomic mass is 16.5. The van der Waals surface area contributed by atoms with Crippen molar-refractivity contribution in [3.63, 3.8) is 0 Å². The molecular formula is C28H35N3O5. The molecule has 3 aliphatic rings. The Hall–Kier alpha value is -3.13. The second kappa shape index (κ2) is 10.9. The number of aliphatic carboxylic acids is 1. The Morgan fingerprint density at radius 2 is 1.86 bits per heavy atom. The van der Waals surface area contributed by atoms with E-state index in [9.17, 15) is 19.5 Å². The lowest BCUT2D eigenvalue weighted by Gasteiger charge is -2.42. The minimum atomic E-state index is -1.01. The third kappa shape index (κ3) is 5.64. The summed E-state index contributed by atoms with van der Waals surface area (Å²) in [6.07, 6.45) is 2.72. The van der Waals surface area contributed by atoms with Gasteiger partial charge in [-0.25, -0.2) is 0 Å². The first-order chi connectivity index (χ1) is 17.5. The highest BCUT2D eigenvalue weighted by molar-refractivity contribution is 5.78. The summed E-state index contributed by atoms with van der Waals surface area (Å²) in [5, 5.41) is 11.4. The molecule has 0 aliphatic carbocycles. The zero-order valence-electron chi connectivity index (χ0n) is 20.6. The van der Waals surface area contributed by atoms with Crippen molar-refractivity contribution in [3.8, 4) is 5.75 Å². The molecule has 192 valence electrons. The highest BCUT2D eigenvalue weighted by Crippen LogP contribution is 2.31. The Labute approximate surface area is 211 Å². The van der Waals surface area contributed by atoms with Crippen LogP contribution in [0, 0.1) is 17.8 Å². The van der Waals surface area contributed by atoms with E-state index in [0.717, 1.165) is 44.7 Å². The molecule has 2 saturated heterocycles. The van der Waals surface area contributed by atoms with E-state index in [1.807, 2.05) is 45.9 Å². The summed E-state index contributed by atoms with van der Waals surface area (Å²) >= 11 is 0. The lowest BCUT2D eigenvalue weighted by atomic mass is 9.80. The van der Waals surface area contributed by atoms with Crippen LogP contribution < -0.4 is 20.3 Å². The number of fused-ring (bicyclic) bond motifs is 4. The van der Waals surface area contributed by atoms with Crippen LogP contribution in [0.1, 0.15) is 37.3 Å². The van der Waals surface area contributed by atoms with Crippen LogP contribution in [-0.2, 0) is 16.1 Å². The van der Waals surface area contributed by atoms with Gasteiger partial charge >= 0.3 is 0 Å². The van der Waals surface area contributed by atoms with E-state index in [1.54, 1.807) is 6.07 Å². The Bertz CT molecular complexity index is 1130. The molecule has 0 saturated carbocycles. The number of piperidine rings is 2. The number of carbonyl (C=O) groups excluding carboxylic acids is 2. The van der Waals surface area contributed by atoms with Crippen molar-refractivity contribution in [2.24, 2.45) is 17.8 Å². The largest absolute Gasteiger partial charge is 0.550 e. The second-order valence-electron chi connectivity index (χ2n) is 10.7. The standard InChI is InChI=1S/C28H35N3O5/c32-26-8-4-7-25-23-13-20(16-31(25)26)15-29(17-23)11-9-22-18-30(12-10-21(22)14-28(34)35)27(33)19-36-24-5-2-1-3-6-24/h1-8,20-23H,9-19H2,(H,34,35)/t20-,21-,22-,23+/m0/s1. The van der Waals surface area contributed by atoms with Gasteiger partial charge in [0.25, 0.3) is 11.5 Å². The topological polar surface area (TPSA) is 96.1 Å². The van der Waals surface area contributed by atoms with Crippen molar-refractivity contribution in [1.29, 1.82) is 0 Å². The molecule has 5 rings (SSSR count). The molecule has 1 amide bonds. The fourth-order valence-electron chi connectivity index (χ4n) is 6.58. The third-order valence-electron chi connectivity index (χ3n) is 8.32. The molecule has 2 fully saturated rings. The quantitative estimate of drug-likeness (QED) is 0.555. The van der Waals surface area contributed by atoms with Gasteiger partial charge < -0.3 is 29.0 Å². The lowest BCUT2D eigenvalue weighted by Crippen LogP contribution is -3.14. The van der Waals surface area contributed by atoms with Crippen LogP contribution in [0.3, 0.4) is 0 Å². The molecule has 0 spiro atoms. The number of carbonyl (C=O) groups is 2. The number of ether oxygens (including phenoxy) is 1. The molecule has 1 unspecified atom stereocenters. The van der Waals surface area contributed by atoms with Gasteiger partial charge in [0.2, 0.25) is 0 Å². The number of nitrogens with one attached hydrogen (secondary N) is 1. The maximum absolute atomic E-state index is 12.9. The van der Waals surface area contributed by atoms with Crippen molar-refractivity contribution in [2.45, 2.75) is 38.1 Å². The summed E-state index contributed by atoms with van der Waals surface area (Å²) in [7, 11) is 0. The lowest BCUT2D eigenvalue weighted by molar-refractivity contribution is -0.911. The Morgan fingerprint density at radius 1 is 1.03 bits per heavy atom. The van der Waals surface area contributed by atoms with Crippen molar-refractivity contribution in [2.75, 3.05) is 39.3 Å². The monoisotopic (exact) mass is 493 g/mol. The van der Waals surface area contributed by atoms with E-state index < -0.39 is 5.97 Å². The van der Waals surface area contributed by atoms with E-state index >= 15 is 0 Å². The van der Waals surface area contributed by atoms with Crippen molar-refractivity contribution in [3.05, 3.63) is 64.6 Å². The van der Waals surface area contributed by atoms with Gasteiger partial charge in [0.15, 0.2) is 6.61 Å². The van der Waals surface area contributed by atoms with Crippen LogP contribution in [0.25, 0.3) is 0 Å². The number of rotatable bonds is 8. The number of amides is 1. The molecular weight excluding hydrogens is 458 g/mol. The fraction of sp³-hybridized carbons (Fsp3) is 0.536. The SMILES string of the molecule is O=C([O-])C[C@@H]1CCN(C(=O)COc2ccccc2)C[C@@H]1CC[NH+]1C[C@@H]2C[C@H](C1)c1cccc(=O)n1C2. The number of para-hydroxylation sites is 1. The van der Waals surface area contributed by atoms with Crippen molar-refractivity contribution < 1.29 is 24.3 Å². The molecule has 4 heterocycles. The minimum absolute atomic E-state index is 0.0125. The second-order valence-corrected chi connectivity index (χ2v) is 10.7. The average Bonchev–Trinajstić information content (AvgIpc) is 2.87. The van der Waals surface area contributed by atoms with Gasteiger partial charge in [-0.15, -0.1) is 0 Å². The smallest absolute Gasteiger partial charge is 0.260 e. The van der Waals surface area contributed by atoms with Gasteiger partial charge in [0, 0.05) is 55.6 Å². The van der Waals surface area contributed by atoms with Crippen LogP contribution in [-0.4, -0.2) is 60.7 Å². The van der Waals surface area contributed by atoms with Crippen LogP contribution in [0.5, 0.6) is 5.75 Å². The predicted octanol–water partition coefficient (Wildman–Crippen LogP) is -0.0759. The third-order valence-corrected chi connectivity index (χ3v) is 8.32. The van der Waals surface area contributed by atoms with Crippen LogP contribution in [0.15, 0.2) is 53.3 Å².